The number of nitrogens with one attached hydrogen (secondary N) is 3. The smallest absolute Gasteiger partial charge is 0.242 e. The highest BCUT2D eigenvalue weighted by Gasteiger charge is 2.14. The number of benzene rings is 1. The number of carbonyl (C=O) groups is 1. The molecule has 3 N–H and O–H groups in total. The fourth-order valence-corrected chi connectivity index (χ4v) is 2.83. The van der Waals surface area contributed by atoms with E-state index in [1.165, 1.54) is 0 Å². The molecule has 0 bridgehead atoms. The van der Waals surface area contributed by atoms with Crippen LogP contribution in [0.4, 0.5) is 5.69 Å². The molecule has 1 aromatic carbocycles. The third-order valence-corrected chi connectivity index (χ3v) is 4.11. The molecule has 0 unspecified atom stereocenters. The number of anilines is 1. The van der Waals surface area contributed by atoms with E-state index in [1.54, 1.807) is 0 Å². The minimum atomic E-state index is -0.296. The molecule has 174 valence electrons. The van der Waals surface area contributed by atoms with Gasteiger partial charge in [0.2, 0.25) is 5.91 Å². The Morgan fingerprint density at radius 1 is 1.19 bits per heavy atom. The molecule has 0 radical (unpaired) electrons. The molecule has 1 aromatic rings. The standard InChI is InChI=1S/C23H38N4O4/c1-17(2)16-29-11-6-10-24-22(25-15-21(28)27-23(3,4)5)26-18-8-9-19-20(14-18)31-13-7-12-30-19/h8-9,14,17H,6-7,10-13,15-16H2,1-5H3,(H,27,28)(H2,24,25,26). The van der Waals surface area contributed by atoms with Crippen LogP contribution in [-0.2, 0) is 9.53 Å². The first-order valence-electron chi connectivity index (χ1n) is 11.1. The molecule has 8 nitrogen and oxygen atoms in total. The first-order chi connectivity index (χ1) is 14.7. The summed E-state index contributed by atoms with van der Waals surface area (Å²) in [6.07, 6.45) is 1.69. The maximum Gasteiger partial charge on any atom is 0.242 e. The Morgan fingerprint density at radius 2 is 1.94 bits per heavy atom. The highest BCUT2D eigenvalue weighted by molar-refractivity contribution is 5.95. The topological polar surface area (TPSA) is 93.2 Å². The summed E-state index contributed by atoms with van der Waals surface area (Å²) < 4.78 is 17.1. The van der Waals surface area contributed by atoms with E-state index in [0.29, 0.717) is 44.0 Å². The lowest BCUT2D eigenvalue weighted by atomic mass is 10.1. The zero-order valence-electron chi connectivity index (χ0n) is 19.5. The molecule has 1 aliphatic heterocycles. The van der Waals surface area contributed by atoms with Crippen molar-refractivity contribution in [3.05, 3.63) is 18.2 Å². The maximum atomic E-state index is 12.2. The minimum Gasteiger partial charge on any atom is -0.490 e. The molecule has 0 aliphatic carbocycles. The number of hydrogen-bond acceptors (Lipinski definition) is 5. The van der Waals surface area contributed by atoms with Crippen molar-refractivity contribution < 1.29 is 19.0 Å². The second-order valence-electron chi connectivity index (χ2n) is 9.05. The normalized spacial score (nSPS) is 14.2. The van der Waals surface area contributed by atoms with Gasteiger partial charge < -0.3 is 30.2 Å². The van der Waals surface area contributed by atoms with Crippen molar-refractivity contribution in [2.24, 2.45) is 10.9 Å². The van der Waals surface area contributed by atoms with E-state index in [4.69, 9.17) is 14.2 Å². The molecule has 1 aliphatic rings. The van der Waals surface area contributed by atoms with Crippen LogP contribution in [0.15, 0.2) is 23.2 Å². The van der Waals surface area contributed by atoms with Crippen LogP contribution in [0.3, 0.4) is 0 Å². The van der Waals surface area contributed by atoms with Crippen molar-refractivity contribution in [2.75, 3.05) is 44.8 Å². The van der Waals surface area contributed by atoms with Crippen LogP contribution in [0, 0.1) is 5.92 Å². The summed E-state index contributed by atoms with van der Waals surface area (Å²) in [5.41, 5.74) is 0.512. The largest absolute Gasteiger partial charge is 0.490 e. The number of hydrogen-bond donors (Lipinski definition) is 3. The van der Waals surface area contributed by atoms with E-state index >= 15 is 0 Å². The molecule has 31 heavy (non-hydrogen) atoms. The fourth-order valence-electron chi connectivity index (χ4n) is 2.83. The zero-order chi connectivity index (χ0) is 22.7. The predicted molar refractivity (Wildman–Crippen MR) is 124 cm³/mol. The average molecular weight is 435 g/mol. The van der Waals surface area contributed by atoms with E-state index in [9.17, 15) is 4.79 Å². The van der Waals surface area contributed by atoms with Gasteiger partial charge in [-0.1, -0.05) is 13.8 Å². The van der Waals surface area contributed by atoms with Gasteiger partial charge in [-0.3, -0.25) is 4.79 Å². The summed E-state index contributed by atoms with van der Waals surface area (Å²) in [4.78, 5) is 16.6. The monoisotopic (exact) mass is 434 g/mol. The first kappa shape index (κ1) is 24.8. The molecular weight excluding hydrogens is 396 g/mol. The lowest BCUT2D eigenvalue weighted by Crippen LogP contribution is -2.42. The number of carbonyl (C=O) groups excluding carboxylic acids is 1. The van der Waals surface area contributed by atoms with Crippen molar-refractivity contribution >= 4 is 17.6 Å². The van der Waals surface area contributed by atoms with Crippen molar-refractivity contribution in [2.45, 2.75) is 53.0 Å². The zero-order valence-corrected chi connectivity index (χ0v) is 19.5. The molecule has 0 saturated heterocycles. The Balaban J connectivity index is 1.98. The van der Waals surface area contributed by atoms with E-state index in [1.807, 2.05) is 39.0 Å². The summed E-state index contributed by atoms with van der Waals surface area (Å²) in [6, 6.07) is 5.68. The quantitative estimate of drug-likeness (QED) is 0.314. The molecule has 0 atom stereocenters. The van der Waals surface area contributed by atoms with Gasteiger partial charge in [0.05, 0.1) is 13.2 Å². The molecule has 0 spiro atoms. The minimum absolute atomic E-state index is 0.0288. The maximum absolute atomic E-state index is 12.2. The second kappa shape index (κ2) is 12.4. The fraction of sp³-hybridized carbons (Fsp3) is 0.652. The summed E-state index contributed by atoms with van der Waals surface area (Å²) in [5.74, 6) is 2.36. The lowest BCUT2D eigenvalue weighted by molar-refractivity contribution is -0.121. The van der Waals surface area contributed by atoms with Gasteiger partial charge in [0.1, 0.15) is 6.54 Å². The molecule has 0 aromatic heterocycles. The third kappa shape index (κ3) is 10.4. The van der Waals surface area contributed by atoms with Crippen molar-refractivity contribution in [3.8, 4) is 11.5 Å². The van der Waals surface area contributed by atoms with Crippen molar-refractivity contribution in [3.63, 3.8) is 0 Å². The Bertz CT molecular complexity index is 729. The van der Waals surface area contributed by atoms with Crippen molar-refractivity contribution in [1.29, 1.82) is 0 Å². The van der Waals surface area contributed by atoms with E-state index in [0.717, 1.165) is 30.9 Å². The first-order valence-corrected chi connectivity index (χ1v) is 11.1. The highest BCUT2D eigenvalue weighted by atomic mass is 16.5. The van der Waals surface area contributed by atoms with Gasteiger partial charge in [0.15, 0.2) is 17.5 Å². The molecular formula is C23H38N4O4. The number of fused-ring (bicyclic) bond motifs is 1. The molecule has 1 heterocycles. The molecule has 0 fully saturated rings. The number of guanidine groups is 1. The van der Waals surface area contributed by atoms with Gasteiger partial charge in [-0.2, -0.15) is 0 Å². The summed E-state index contributed by atoms with van der Waals surface area (Å²) in [7, 11) is 0. The van der Waals surface area contributed by atoms with Crippen LogP contribution >= 0.6 is 0 Å². The Labute approximate surface area is 186 Å². The molecule has 2 rings (SSSR count). The van der Waals surface area contributed by atoms with Crippen LogP contribution in [0.1, 0.15) is 47.5 Å². The lowest BCUT2D eigenvalue weighted by Gasteiger charge is -2.20. The van der Waals surface area contributed by atoms with Crippen LogP contribution in [0.25, 0.3) is 0 Å². The van der Waals surface area contributed by atoms with Gasteiger partial charge in [-0.05, 0) is 45.2 Å². The Hall–Kier alpha value is -2.48. The van der Waals surface area contributed by atoms with E-state index in [-0.39, 0.29) is 18.0 Å². The molecule has 0 saturated carbocycles. The SMILES string of the molecule is CC(C)COCCCNC(=NCC(=O)NC(C)(C)C)Nc1ccc2c(c1)OCCCO2. The molecule has 8 heteroatoms. The summed E-state index contributed by atoms with van der Waals surface area (Å²) >= 11 is 0. The van der Waals surface area contributed by atoms with Crippen LogP contribution in [0.5, 0.6) is 11.5 Å². The Kier molecular flexibility index (Phi) is 9.91. The van der Waals surface area contributed by atoms with E-state index in [2.05, 4.69) is 34.8 Å². The van der Waals surface area contributed by atoms with Crippen LogP contribution < -0.4 is 25.4 Å². The number of amides is 1. The van der Waals surface area contributed by atoms with Gasteiger partial charge in [0, 0.05) is 43.5 Å². The summed E-state index contributed by atoms with van der Waals surface area (Å²) in [5, 5.41) is 9.46. The predicted octanol–water partition coefficient (Wildman–Crippen LogP) is 3.18. The van der Waals surface area contributed by atoms with Gasteiger partial charge in [-0.15, -0.1) is 0 Å². The van der Waals surface area contributed by atoms with Crippen molar-refractivity contribution in [1.82, 2.24) is 10.6 Å². The van der Waals surface area contributed by atoms with Gasteiger partial charge in [-0.25, -0.2) is 4.99 Å². The number of ether oxygens (including phenoxy) is 3. The van der Waals surface area contributed by atoms with Crippen LogP contribution in [0.2, 0.25) is 0 Å². The summed E-state index contributed by atoms with van der Waals surface area (Å²) in [6.45, 7) is 13.5. The number of nitrogens with zero attached hydrogens (tertiary/aromatic N) is 1. The van der Waals surface area contributed by atoms with Gasteiger partial charge >= 0.3 is 0 Å². The number of aliphatic imine (C=N–C) groups is 1. The molecule has 1 amide bonds. The highest BCUT2D eigenvalue weighted by Crippen LogP contribution is 2.32. The average Bonchev–Trinajstić information content (AvgIpc) is 2.92. The third-order valence-electron chi connectivity index (χ3n) is 4.11. The van der Waals surface area contributed by atoms with E-state index < -0.39 is 0 Å². The van der Waals surface area contributed by atoms with Gasteiger partial charge in [0.25, 0.3) is 0 Å². The number of rotatable bonds is 9. The Morgan fingerprint density at radius 3 is 2.65 bits per heavy atom. The second-order valence-corrected chi connectivity index (χ2v) is 9.05. The van der Waals surface area contributed by atoms with Crippen LogP contribution in [-0.4, -0.2) is 56.9 Å².